The van der Waals surface area contributed by atoms with Crippen molar-refractivity contribution < 1.29 is 28.2 Å². The fourth-order valence-corrected chi connectivity index (χ4v) is 5.06. The van der Waals surface area contributed by atoms with Crippen molar-refractivity contribution in [3.63, 3.8) is 0 Å². The number of hydrogen-bond donors (Lipinski definition) is 1. The molecule has 5 rings (SSSR count). The summed E-state index contributed by atoms with van der Waals surface area (Å²) in [6.45, 7) is 2.34. The fraction of sp³-hybridized carbons (Fsp3) is 0.115. The normalized spacial score (nSPS) is 17.3. The Hall–Kier alpha value is -4.11. The largest absolute Gasteiger partial charge is 0.507 e. The van der Waals surface area contributed by atoms with Gasteiger partial charge in [0.25, 0.3) is 5.78 Å². The number of hydrogen-bond acceptors (Lipinski definition) is 6. The number of benzene rings is 3. The van der Waals surface area contributed by atoms with Crippen LogP contribution in [-0.2, 0) is 9.59 Å². The van der Waals surface area contributed by atoms with Gasteiger partial charge in [-0.25, -0.2) is 13.8 Å². The number of halogens is 2. The van der Waals surface area contributed by atoms with Crippen LogP contribution in [0.25, 0.3) is 16.0 Å². The molecular weight excluding hydrogens is 474 g/mol. The van der Waals surface area contributed by atoms with Gasteiger partial charge >= 0.3 is 5.91 Å². The molecule has 1 unspecified atom stereocenters. The number of fused-ring (bicyclic) bond motifs is 1. The molecule has 1 N–H and O–H groups in total. The Labute approximate surface area is 202 Å². The van der Waals surface area contributed by atoms with Gasteiger partial charge in [-0.3, -0.25) is 14.5 Å². The Kier molecular flexibility index (Phi) is 5.78. The Morgan fingerprint density at radius 3 is 2.54 bits per heavy atom. The molecular formula is C26H18F2N2O4S. The van der Waals surface area contributed by atoms with Crippen molar-refractivity contribution in [2.45, 2.75) is 13.0 Å². The fourth-order valence-electron chi connectivity index (χ4n) is 4.04. The molecule has 1 aliphatic rings. The third-order valence-electron chi connectivity index (χ3n) is 5.59. The summed E-state index contributed by atoms with van der Waals surface area (Å²) in [6.07, 6.45) is 0. The number of rotatable bonds is 5. The number of ketones is 1. The van der Waals surface area contributed by atoms with Gasteiger partial charge in [0.15, 0.2) is 5.13 Å². The van der Waals surface area contributed by atoms with E-state index in [1.54, 1.807) is 24.3 Å². The van der Waals surface area contributed by atoms with Crippen molar-refractivity contribution in [2.24, 2.45) is 0 Å². The average molecular weight is 493 g/mol. The molecule has 0 spiro atoms. The lowest BCUT2D eigenvalue weighted by Crippen LogP contribution is -2.29. The van der Waals surface area contributed by atoms with Crippen molar-refractivity contribution in [3.8, 4) is 5.75 Å². The standard InChI is InChI=1S/C26H18F2N2O4S/c1-2-34-18-10-11-19-20(13-18)35-26(29-19)30-22(15-4-3-5-17(28)12-15)21(24(32)25(30)33)23(31)14-6-8-16(27)9-7-14/h3-13,22,31H,2H2,1H3. The third-order valence-corrected chi connectivity index (χ3v) is 6.61. The second-order valence-electron chi connectivity index (χ2n) is 7.79. The van der Waals surface area contributed by atoms with Crippen LogP contribution < -0.4 is 9.64 Å². The molecule has 0 aliphatic carbocycles. The number of nitrogens with zero attached hydrogens (tertiary/aromatic N) is 2. The smallest absolute Gasteiger partial charge is 0.301 e. The zero-order valence-electron chi connectivity index (χ0n) is 18.4. The minimum Gasteiger partial charge on any atom is -0.507 e. The van der Waals surface area contributed by atoms with Crippen molar-refractivity contribution in [1.82, 2.24) is 4.98 Å². The molecule has 6 nitrogen and oxygen atoms in total. The number of amides is 1. The van der Waals surface area contributed by atoms with Gasteiger partial charge in [-0.2, -0.15) is 0 Å². The van der Waals surface area contributed by atoms with E-state index < -0.39 is 35.1 Å². The Morgan fingerprint density at radius 1 is 1.06 bits per heavy atom. The van der Waals surface area contributed by atoms with Gasteiger partial charge in [0.2, 0.25) is 0 Å². The van der Waals surface area contributed by atoms with Gasteiger partial charge in [-0.15, -0.1) is 0 Å². The maximum Gasteiger partial charge on any atom is 0.301 e. The highest BCUT2D eigenvalue weighted by atomic mass is 32.1. The molecule has 2 heterocycles. The first-order chi connectivity index (χ1) is 16.9. The second kappa shape index (κ2) is 8.92. The average Bonchev–Trinajstić information content (AvgIpc) is 3.37. The number of aliphatic hydroxyl groups is 1. The number of aliphatic hydroxyl groups excluding tert-OH is 1. The predicted octanol–water partition coefficient (Wildman–Crippen LogP) is 5.60. The molecule has 1 amide bonds. The van der Waals surface area contributed by atoms with Gasteiger partial charge in [0, 0.05) is 5.56 Å². The molecule has 0 radical (unpaired) electrons. The number of aromatic nitrogens is 1. The van der Waals surface area contributed by atoms with Crippen molar-refractivity contribution in [1.29, 1.82) is 0 Å². The van der Waals surface area contributed by atoms with Crippen molar-refractivity contribution in [3.05, 3.63) is 95.1 Å². The van der Waals surface area contributed by atoms with E-state index in [1.165, 1.54) is 41.7 Å². The summed E-state index contributed by atoms with van der Waals surface area (Å²) in [4.78, 5) is 32.1. The molecule has 0 bridgehead atoms. The van der Waals surface area contributed by atoms with E-state index >= 15 is 0 Å². The highest BCUT2D eigenvalue weighted by Gasteiger charge is 2.48. The first-order valence-corrected chi connectivity index (χ1v) is 11.5. The highest BCUT2D eigenvalue weighted by Crippen LogP contribution is 2.44. The minimum absolute atomic E-state index is 0.149. The van der Waals surface area contributed by atoms with E-state index in [2.05, 4.69) is 4.98 Å². The Morgan fingerprint density at radius 2 is 1.83 bits per heavy atom. The van der Waals surface area contributed by atoms with Gasteiger partial charge in [0.1, 0.15) is 23.1 Å². The topological polar surface area (TPSA) is 79.7 Å². The zero-order chi connectivity index (χ0) is 24.7. The van der Waals surface area contributed by atoms with E-state index in [1.807, 2.05) is 6.92 Å². The van der Waals surface area contributed by atoms with E-state index in [9.17, 15) is 23.5 Å². The van der Waals surface area contributed by atoms with Crippen LogP contribution in [-0.4, -0.2) is 28.4 Å². The number of Topliss-reactive ketones (excluding diaryl/α,β-unsaturated/α-hetero) is 1. The monoisotopic (exact) mass is 492 g/mol. The van der Waals surface area contributed by atoms with Gasteiger partial charge < -0.3 is 9.84 Å². The quantitative estimate of drug-likeness (QED) is 0.223. The van der Waals surface area contributed by atoms with E-state index in [4.69, 9.17) is 4.74 Å². The maximum absolute atomic E-state index is 14.2. The van der Waals surface area contributed by atoms with Gasteiger partial charge in [-0.05, 0) is 67.1 Å². The lowest BCUT2D eigenvalue weighted by Gasteiger charge is -2.23. The molecule has 1 saturated heterocycles. The Balaban J connectivity index is 1.70. The number of carbonyl (C=O) groups is 2. The maximum atomic E-state index is 14.2. The molecule has 1 aliphatic heterocycles. The van der Waals surface area contributed by atoms with Gasteiger partial charge in [0.05, 0.1) is 28.4 Å². The third kappa shape index (κ3) is 4.04. The molecule has 3 aromatic carbocycles. The molecule has 9 heteroatoms. The molecule has 176 valence electrons. The van der Waals surface area contributed by atoms with Crippen LogP contribution >= 0.6 is 11.3 Å². The number of anilines is 1. The summed E-state index contributed by atoms with van der Waals surface area (Å²) in [7, 11) is 0. The lowest BCUT2D eigenvalue weighted by atomic mass is 9.95. The summed E-state index contributed by atoms with van der Waals surface area (Å²) in [5.74, 6) is -2.80. The molecule has 1 fully saturated rings. The number of ether oxygens (including phenoxy) is 1. The minimum atomic E-state index is -1.14. The van der Waals surface area contributed by atoms with Crippen LogP contribution in [0, 0.1) is 11.6 Å². The summed E-state index contributed by atoms with van der Waals surface area (Å²) in [5.41, 5.74) is 0.784. The molecule has 0 saturated carbocycles. The second-order valence-corrected chi connectivity index (χ2v) is 8.80. The first-order valence-electron chi connectivity index (χ1n) is 10.7. The molecule has 35 heavy (non-hydrogen) atoms. The van der Waals surface area contributed by atoms with E-state index in [-0.39, 0.29) is 21.8 Å². The van der Waals surface area contributed by atoms with Gasteiger partial charge in [-0.1, -0.05) is 23.5 Å². The van der Waals surface area contributed by atoms with Crippen molar-refractivity contribution in [2.75, 3.05) is 11.5 Å². The van der Waals surface area contributed by atoms with Crippen LogP contribution in [0.1, 0.15) is 24.1 Å². The summed E-state index contributed by atoms with van der Waals surface area (Å²) < 4.78 is 33.9. The van der Waals surface area contributed by atoms with Crippen molar-refractivity contribution >= 4 is 44.1 Å². The lowest BCUT2D eigenvalue weighted by molar-refractivity contribution is -0.132. The summed E-state index contributed by atoms with van der Waals surface area (Å²) in [5, 5.41) is 11.2. The van der Waals surface area contributed by atoms with Crippen LogP contribution in [0.15, 0.2) is 72.3 Å². The molecule has 4 aromatic rings. The first kappa shape index (κ1) is 22.7. The molecule has 1 atom stereocenters. The summed E-state index contributed by atoms with van der Waals surface area (Å²) in [6, 6.07) is 14.5. The van der Waals surface area contributed by atoms with Crippen LogP contribution in [0.4, 0.5) is 13.9 Å². The van der Waals surface area contributed by atoms with E-state index in [0.29, 0.717) is 17.9 Å². The van der Waals surface area contributed by atoms with Crippen LogP contribution in [0.5, 0.6) is 5.75 Å². The highest BCUT2D eigenvalue weighted by molar-refractivity contribution is 7.22. The predicted molar refractivity (Wildman–Crippen MR) is 128 cm³/mol. The Bertz CT molecular complexity index is 1500. The summed E-state index contributed by atoms with van der Waals surface area (Å²) >= 11 is 1.17. The molecule has 1 aromatic heterocycles. The number of thiazole rings is 1. The van der Waals surface area contributed by atoms with Crippen LogP contribution in [0.2, 0.25) is 0 Å². The number of carbonyl (C=O) groups excluding carboxylic acids is 2. The van der Waals surface area contributed by atoms with Crippen LogP contribution in [0.3, 0.4) is 0 Å². The van der Waals surface area contributed by atoms with E-state index in [0.717, 1.165) is 21.7 Å². The zero-order valence-corrected chi connectivity index (χ0v) is 19.2. The SMILES string of the molecule is CCOc1ccc2nc(N3C(=O)C(=O)C(=C(O)c4ccc(F)cc4)C3c3cccc(F)c3)sc2c1.